The highest BCUT2D eigenvalue weighted by molar-refractivity contribution is 7.89. The van der Waals surface area contributed by atoms with Gasteiger partial charge in [0.1, 0.15) is 0 Å². The van der Waals surface area contributed by atoms with Gasteiger partial charge in [-0.3, -0.25) is 0 Å². The Kier molecular flexibility index (Phi) is 8.28. The van der Waals surface area contributed by atoms with E-state index in [1.54, 1.807) is 13.8 Å². The van der Waals surface area contributed by atoms with Crippen LogP contribution in [0, 0.1) is 0 Å². The first-order valence-electron chi connectivity index (χ1n) is 5.91. The maximum Gasteiger partial charge on any atom is 0.335 e. The lowest BCUT2D eigenvalue weighted by molar-refractivity contribution is -0.157. The molecule has 9 heteroatoms. The first-order chi connectivity index (χ1) is 8.87. The minimum absolute atomic E-state index is 0.0270. The minimum atomic E-state index is -3.80. The Hall–Kier alpha value is -1.19. The van der Waals surface area contributed by atoms with Crippen LogP contribution in [-0.4, -0.2) is 51.9 Å². The molecule has 0 aliphatic heterocycles. The van der Waals surface area contributed by atoms with Gasteiger partial charge in [0.2, 0.25) is 16.1 Å². The van der Waals surface area contributed by atoms with Crippen LogP contribution in [0.15, 0.2) is 0 Å². The van der Waals surface area contributed by atoms with E-state index in [2.05, 4.69) is 9.47 Å². The van der Waals surface area contributed by atoms with Gasteiger partial charge in [-0.25, -0.2) is 18.0 Å². The van der Waals surface area contributed by atoms with Gasteiger partial charge in [-0.1, -0.05) is 0 Å². The fourth-order valence-corrected chi connectivity index (χ4v) is 2.37. The van der Waals surface area contributed by atoms with Crippen molar-refractivity contribution in [3.63, 3.8) is 0 Å². The first kappa shape index (κ1) is 17.8. The lowest BCUT2D eigenvalue weighted by Gasteiger charge is -2.15. The molecule has 0 radical (unpaired) electrons. The molecular weight excluding hydrogens is 276 g/mol. The summed E-state index contributed by atoms with van der Waals surface area (Å²) in [5.41, 5.74) is 5.21. The number of hydrogen-bond acceptors (Lipinski definition) is 7. The summed E-state index contributed by atoms with van der Waals surface area (Å²) < 4.78 is 34.5. The molecule has 0 unspecified atom stereocenters. The molecule has 0 saturated carbocycles. The molecule has 0 fully saturated rings. The van der Waals surface area contributed by atoms with Crippen molar-refractivity contribution >= 4 is 22.0 Å². The SMILES string of the molecule is CCOC(=O)C(NS(=O)(=O)CCCN)C(=O)OCC. The van der Waals surface area contributed by atoms with E-state index in [1.165, 1.54) is 0 Å². The van der Waals surface area contributed by atoms with Crippen molar-refractivity contribution in [3.05, 3.63) is 0 Å². The number of sulfonamides is 1. The topological polar surface area (TPSA) is 125 Å². The molecule has 8 nitrogen and oxygen atoms in total. The van der Waals surface area contributed by atoms with Gasteiger partial charge < -0.3 is 15.2 Å². The van der Waals surface area contributed by atoms with E-state index < -0.39 is 28.0 Å². The molecule has 0 aromatic heterocycles. The van der Waals surface area contributed by atoms with E-state index in [0.717, 1.165) is 0 Å². The fourth-order valence-electron chi connectivity index (χ4n) is 1.16. The van der Waals surface area contributed by atoms with Crippen LogP contribution in [0.3, 0.4) is 0 Å². The van der Waals surface area contributed by atoms with Gasteiger partial charge in [0.25, 0.3) is 0 Å². The van der Waals surface area contributed by atoms with Crippen LogP contribution < -0.4 is 10.5 Å². The molecule has 0 heterocycles. The summed E-state index contributed by atoms with van der Waals surface area (Å²) in [6, 6.07) is -1.68. The largest absolute Gasteiger partial charge is 0.464 e. The summed E-state index contributed by atoms with van der Waals surface area (Å²) in [6.07, 6.45) is 0.216. The number of esters is 2. The molecule has 112 valence electrons. The Balaban J connectivity index is 4.84. The van der Waals surface area contributed by atoms with Crippen LogP contribution in [0.25, 0.3) is 0 Å². The standard InChI is InChI=1S/C10H20N2O6S/c1-3-17-9(13)8(10(14)18-4-2)12-19(15,16)7-5-6-11/h8,12H,3-7,11H2,1-2H3. The van der Waals surface area contributed by atoms with Crippen LogP contribution in [0.1, 0.15) is 20.3 Å². The highest BCUT2D eigenvalue weighted by Gasteiger charge is 2.33. The van der Waals surface area contributed by atoms with Crippen LogP contribution in [0.2, 0.25) is 0 Å². The van der Waals surface area contributed by atoms with Crippen molar-refractivity contribution in [2.45, 2.75) is 26.3 Å². The van der Waals surface area contributed by atoms with E-state index in [-0.39, 0.29) is 31.9 Å². The highest BCUT2D eigenvalue weighted by atomic mass is 32.2. The third-order valence-electron chi connectivity index (χ3n) is 1.96. The quantitative estimate of drug-likeness (QED) is 0.402. The monoisotopic (exact) mass is 296 g/mol. The zero-order valence-electron chi connectivity index (χ0n) is 11.0. The Morgan fingerprint density at radius 3 is 2.00 bits per heavy atom. The predicted octanol–water partition coefficient (Wildman–Crippen LogP) is -1.25. The summed E-state index contributed by atoms with van der Waals surface area (Å²) in [7, 11) is -3.80. The number of ether oxygens (including phenoxy) is 2. The number of hydrogen-bond donors (Lipinski definition) is 2. The highest BCUT2D eigenvalue weighted by Crippen LogP contribution is 1.99. The summed E-state index contributed by atoms with van der Waals surface area (Å²) in [5.74, 6) is -2.26. The van der Waals surface area contributed by atoms with Crippen LogP contribution in [0.4, 0.5) is 0 Å². The maximum atomic E-state index is 11.6. The van der Waals surface area contributed by atoms with E-state index in [1.807, 2.05) is 4.72 Å². The Morgan fingerprint density at radius 2 is 1.63 bits per heavy atom. The Labute approximate surface area is 112 Å². The number of nitrogens with two attached hydrogens (primary N) is 1. The fraction of sp³-hybridized carbons (Fsp3) is 0.800. The molecule has 0 aromatic carbocycles. The van der Waals surface area contributed by atoms with Gasteiger partial charge >= 0.3 is 11.9 Å². The summed E-state index contributed by atoms with van der Waals surface area (Å²) in [4.78, 5) is 23.1. The second-order valence-corrected chi connectivity index (χ2v) is 5.39. The molecule has 3 N–H and O–H groups in total. The molecule has 0 spiro atoms. The van der Waals surface area contributed by atoms with Gasteiger partial charge in [-0.15, -0.1) is 0 Å². The molecule has 0 aliphatic carbocycles. The molecular formula is C10H20N2O6S. The van der Waals surface area contributed by atoms with Crippen molar-refractivity contribution in [1.29, 1.82) is 0 Å². The van der Waals surface area contributed by atoms with Gasteiger partial charge in [0, 0.05) is 0 Å². The summed E-state index contributed by atoms with van der Waals surface area (Å²) in [6.45, 7) is 3.33. The lowest BCUT2D eigenvalue weighted by Crippen LogP contribution is -2.49. The second-order valence-electron chi connectivity index (χ2n) is 3.52. The molecule has 0 amide bonds. The van der Waals surface area contributed by atoms with Crippen LogP contribution >= 0.6 is 0 Å². The summed E-state index contributed by atoms with van der Waals surface area (Å²) >= 11 is 0. The summed E-state index contributed by atoms with van der Waals surface area (Å²) in [5, 5.41) is 0. The Morgan fingerprint density at radius 1 is 1.16 bits per heavy atom. The van der Waals surface area contributed by atoms with E-state index in [9.17, 15) is 18.0 Å². The van der Waals surface area contributed by atoms with Gasteiger partial charge in [0.05, 0.1) is 19.0 Å². The molecule has 0 atom stereocenters. The first-order valence-corrected chi connectivity index (χ1v) is 7.56. The molecule has 0 rings (SSSR count). The van der Waals surface area contributed by atoms with Crippen molar-refractivity contribution in [1.82, 2.24) is 4.72 Å². The van der Waals surface area contributed by atoms with E-state index in [4.69, 9.17) is 5.73 Å². The average molecular weight is 296 g/mol. The van der Waals surface area contributed by atoms with Crippen LogP contribution in [-0.2, 0) is 29.1 Å². The zero-order chi connectivity index (χ0) is 14.9. The molecule has 0 bridgehead atoms. The van der Waals surface area contributed by atoms with Gasteiger partial charge in [0.15, 0.2) is 0 Å². The molecule has 0 aromatic rings. The smallest absolute Gasteiger partial charge is 0.335 e. The van der Waals surface area contributed by atoms with Crippen LogP contribution in [0.5, 0.6) is 0 Å². The number of carbonyl (C=O) groups excluding carboxylic acids is 2. The number of nitrogens with one attached hydrogen (secondary N) is 1. The van der Waals surface area contributed by atoms with Crippen molar-refractivity contribution in [2.24, 2.45) is 5.73 Å². The maximum absolute atomic E-state index is 11.6. The number of rotatable bonds is 9. The Bertz CT molecular complexity index is 377. The molecule has 0 saturated heterocycles. The van der Waals surface area contributed by atoms with E-state index >= 15 is 0 Å². The predicted molar refractivity (Wildman–Crippen MR) is 67.6 cm³/mol. The third-order valence-corrected chi connectivity index (χ3v) is 3.38. The number of carbonyl (C=O) groups is 2. The average Bonchev–Trinajstić information content (AvgIpc) is 2.34. The lowest BCUT2D eigenvalue weighted by atomic mass is 10.3. The molecule has 19 heavy (non-hydrogen) atoms. The molecule has 0 aliphatic rings. The second kappa shape index (κ2) is 8.83. The van der Waals surface area contributed by atoms with Gasteiger partial charge in [-0.2, -0.15) is 4.72 Å². The zero-order valence-corrected chi connectivity index (χ0v) is 11.9. The van der Waals surface area contributed by atoms with Crippen molar-refractivity contribution in [2.75, 3.05) is 25.5 Å². The normalized spacial score (nSPS) is 11.4. The van der Waals surface area contributed by atoms with Crippen molar-refractivity contribution in [3.8, 4) is 0 Å². The van der Waals surface area contributed by atoms with Crippen molar-refractivity contribution < 1.29 is 27.5 Å². The minimum Gasteiger partial charge on any atom is -0.464 e. The van der Waals surface area contributed by atoms with Gasteiger partial charge in [-0.05, 0) is 26.8 Å². The van der Waals surface area contributed by atoms with E-state index in [0.29, 0.717) is 0 Å². The third kappa shape index (κ3) is 7.09.